The lowest BCUT2D eigenvalue weighted by atomic mass is 9.91. The van der Waals surface area contributed by atoms with Crippen molar-refractivity contribution in [3.63, 3.8) is 0 Å². The third-order valence-corrected chi connectivity index (χ3v) is 3.59. The molecule has 0 radical (unpaired) electrons. The molecule has 0 spiro atoms. The maximum atomic E-state index is 13.0. The molecule has 1 N–H and O–H groups in total. The smallest absolute Gasteiger partial charge is 0.124 e. The van der Waals surface area contributed by atoms with Gasteiger partial charge < -0.3 is 5.11 Å². The quantitative estimate of drug-likeness (QED) is 0.879. The van der Waals surface area contributed by atoms with E-state index in [2.05, 4.69) is 0 Å². The third kappa shape index (κ3) is 3.55. The highest BCUT2D eigenvalue weighted by Gasteiger charge is 2.17. The minimum Gasteiger partial charge on any atom is -0.388 e. The molecule has 2 aromatic carbocycles. The van der Waals surface area contributed by atoms with E-state index >= 15 is 0 Å². The molecule has 0 aliphatic carbocycles. The van der Waals surface area contributed by atoms with E-state index in [1.165, 1.54) is 12.1 Å². The van der Waals surface area contributed by atoms with Crippen molar-refractivity contribution in [3.8, 4) is 0 Å². The molecular weight excluding hydrogens is 263 g/mol. The van der Waals surface area contributed by atoms with Gasteiger partial charge in [0.05, 0.1) is 6.10 Å². The fraction of sp³-hybridized carbons (Fsp3) is 0.250. The Kier molecular flexibility index (Phi) is 4.56. The van der Waals surface area contributed by atoms with Crippen LogP contribution in [0.5, 0.6) is 0 Å². The van der Waals surface area contributed by atoms with Gasteiger partial charge in [-0.3, -0.25) is 0 Å². The van der Waals surface area contributed by atoms with Crippen molar-refractivity contribution < 1.29 is 9.50 Å². The molecule has 1 nitrogen and oxygen atoms in total. The first-order valence-corrected chi connectivity index (χ1v) is 6.62. The molecule has 0 saturated heterocycles. The summed E-state index contributed by atoms with van der Waals surface area (Å²) in [5, 5.41) is 10.7. The van der Waals surface area contributed by atoms with Crippen molar-refractivity contribution in [3.05, 3.63) is 70.5 Å². The lowest BCUT2D eigenvalue weighted by molar-refractivity contribution is 0.117. The SMILES string of the molecule is CC(Cc1ccc(F)cc1Cl)C(O)c1ccccc1. The van der Waals surface area contributed by atoms with Gasteiger partial charge in [0.15, 0.2) is 0 Å². The highest BCUT2D eigenvalue weighted by molar-refractivity contribution is 6.31. The second-order valence-electron chi connectivity index (χ2n) is 4.77. The summed E-state index contributed by atoms with van der Waals surface area (Å²) in [6.07, 6.45) is 0.0529. The summed E-state index contributed by atoms with van der Waals surface area (Å²) in [6, 6.07) is 13.9. The molecule has 0 fully saturated rings. The van der Waals surface area contributed by atoms with Crippen molar-refractivity contribution in [2.45, 2.75) is 19.4 Å². The summed E-state index contributed by atoms with van der Waals surface area (Å²) in [5.74, 6) is -0.338. The van der Waals surface area contributed by atoms with Crippen LogP contribution in [0.4, 0.5) is 4.39 Å². The maximum absolute atomic E-state index is 13.0. The fourth-order valence-corrected chi connectivity index (χ4v) is 2.37. The summed E-state index contributed by atoms with van der Waals surface area (Å²) in [7, 11) is 0. The van der Waals surface area contributed by atoms with Crippen LogP contribution >= 0.6 is 11.6 Å². The van der Waals surface area contributed by atoms with Crippen LogP contribution in [-0.2, 0) is 6.42 Å². The number of hydrogen-bond donors (Lipinski definition) is 1. The number of benzene rings is 2. The molecule has 19 heavy (non-hydrogen) atoms. The van der Waals surface area contributed by atoms with Crippen LogP contribution in [-0.4, -0.2) is 5.11 Å². The van der Waals surface area contributed by atoms with E-state index < -0.39 is 6.10 Å². The molecule has 0 aliphatic heterocycles. The minimum absolute atomic E-state index is 0.00496. The largest absolute Gasteiger partial charge is 0.388 e. The predicted octanol–water partition coefficient (Wildman–Crippen LogP) is 4.39. The highest BCUT2D eigenvalue weighted by Crippen LogP contribution is 2.27. The number of hydrogen-bond acceptors (Lipinski definition) is 1. The van der Waals surface area contributed by atoms with Crippen LogP contribution in [0.15, 0.2) is 48.5 Å². The first-order valence-electron chi connectivity index (χ1n) is 6.25. The molecule has 0 saturated carbocycles. The highest BCUT2D eigenvalue weighted by atomic mass is 35.5. The molecule has 0 aromatic heterocycles. The van der Waals surface area contributed by atoms with Gasteiger partial charge in [-0.15, -0.1) is 0 Å². The normalized spacial score (nSPS) is 14.1. The Bertz CT molecular complexity index is 542. The van der Waals surface area contributed by atoms with Gasteiger partial charge in [0.1, 0.15) is 5.82 Å². The van der Waals surface area contributed by atoms with Gasteiger partial charge in [0.25, 0.3) is 0 Å². The van der Waals surface area contributed by atoms with Crippen molar-refractivity contribution in [1.82, 2.24) is 0 Å². The van der Waals surface area contributed by atoms with Crippen molar-refractivity contribution in [1.29, 1.82) is 0 Å². The minimum atomic E-state index is -0.553. The topological polar surface area (TPSA) is 20.2 Å². The van der Waals surface area contributed by atoms with Gasteiger partial charge in [-0.05, 0) is 35.6 Å². The van der Waals surface area contributed by atoms with E-state index in [1.54, 1.807) is 6.07 Å². The van der Waals surface area contributed by atoms with E-state index in [4.69, 9.17) is 11.6 Å². The van der Waals surface area contributed by atoms with Crippen LogP contribution in [0.3, 0.4) is 0 Å². The van der Waals surface area contributed by atoms with E-state index in [0.717, 1.165) is 11.1 Å². The van der Waals surface area contributed by atoms with E-state index in [1.807, 2.05) is 37.3 Å². The van der Waals surface area contributed by atoms with Crippen LogP contribution in [0.25, 0.3) is 0 Å². The van der Waals surface area contributed by atoms with Gasteiger partial charge in [-0.25, -0.2) is 4.39 Å². The fourth-order valence-electron chi connectivity index (χ4n) is 2.12. The van der Waals surface area contributed by atoms with Crippen LogP contribution in [0.1, 0.15) is 24.2 Å². The molecule has 0 bridgehead atoms. The van der Waals surface area contributed by atoms with Gasteiger partial charge in [0.2, 0.25) is 0 Å². The zero-order valence-electron chi connectivity index (χ0n) is 10.7. The van der Waals surface area contributed by atoms with Gasteiger partial charge >= 0.3 is 0 Å². The number of rotatable bonds is 4. The van der Waals surface area contributed by atoms with E-state index in [-0.39, 0.29) is 11.7 Å². The van der Waals surface area contributed by atoms with Crippen molar-refractivity contribution in [2.75, 3.05) is 0 Å². The Morgan fingerprint density at radius 2 is 1.84 bits per heavy atom. The molecule has 2 unspecified atom stereocenters. The average molecular weight is 279 g/mol. The second kappa shape index (κ2) is 6.18. The maximum Gasteiger partial charge on any atom is 0.124 e. The Morgan fingerprint density at radius 1 is 1.16 bits per heavy atom. The number of halogens is 2. The lowest BCUT2D eigenvalue weighted by Gasteiger charge is -2.19. The van der Waals surface area contributed by atoms with Gasteiger partial charge in [-0.2, -0.15) is 0 Å². The van der Waals surface area contributed by atoms with E-state index in [9.17, 15) is 9.50 Å². The van der Waals surface area contributed by atoms with Crippen LogP contribution in [0, 0.1) is 11.7 Å². The summed E-state index contributed by atoms with van der Waals surface area (Å²) in [5.41, 5.74) is 1.73. The zero-order valence-corrected chi connectivity index (χ0v) is 11.4. The van der Waals surface area contributed by atoms with Gasteiger partial charge in [0, 0.05) is 5.02 Å². The van der Waals surface area contributed by atoms with E-state index in [0.29, 0.717) is 11.4 Å². The average Bonchev–Trinajstić information content (AvgIpc) is 2.42. The summed E-state index contributed by atoms with van der Waals surface area (Å²) in [4.78, 5) is 0. The van der Waals surface area contributed by atoms with Crippen LogP contribution in [0.2, 0.25) is 5.02 Å². The van der Waals surface area contributed by atoms with Crippen LogP contribution < -0.4 is 0 Å². The predicted molar refractivity (Wildman–Crippen MR) is 75.7 cm³/mol. The molecular formula is C16H16ClFO. The third-order valence-electron chi connectivity index (χ3n) is 3.24. The first kappa shape index (κ1) is 14.0. The number of aliphatic hydroxyl groups excluding tert-OH is 1. The molecule has 0 aliphatic rings. The molecule has 0 heterocycles. The van der Waals surface area contributed by atoms with Crippen molar-refractivity contribution >= 4 is 11.6 Å². The zero-order chi connectivity index (χ0) is 13.8. The molecule has 2 atom stereocenters. The Labute approximate surface area is 117 Å². The second-order valence-corrected chi connectivity index (χ2v) is 5.18. The molecule has 0 amide bonds. The Morgan fingerprint density at radius 3 is 2.47 bits per heavy atom. The van der Waals surface area contributed by atoms with Crippen molar-refractivity contribution in [2.24, 2.45) is 5.92 Å². The molecule has 100 valence electrons. The molecule has 2 aromatic rings. The lowest BCUT2D eigenvalue weighted by Crippen LogP contribution is -2.12. The Balaban J connectivity index is 2.10. The standard InChI is InChI=1S/C16H16ClFO/c1-11(16(19)12-5-3-2-4-6-12)9-13-7-8-14(18)10-15(13)17/h2-8,10-11,16,19H,9H2,1H3. The Hall–Kier alpha value is -1.38. The summed E-state index contributed by atoms with van der Waals surface area (Å²) < 4.78 is 13.0. The molecule has 2 rings (SSSR count). The molecule has 3 heteroatoms. The first-order chi connectivity index (χ1) is 9.08. The summed E-state index contributed by atoms with van der Waals surface area (Å²) in [6.45, 7) is 1.96. The summed E-state index contributed by atoms with van der Waals surface area (Å²) >= 11 is 6.00. The number of aliphatic hydroxyl groups is 1. The van der Waals surface area contributed by atoms with Gasteiger partial charge in [-0.1, -0.05) is 54.9 Å². The monoisotopic (exact) mass is 278 g/mol.